The highest BCUT2D eigenvalue weighted by Crippen LogP contribution is 2.19. The van der Waals surface area contributed by atoms with E-state index in [1.807, 2.05) is 0 Å². The van der Waals surface area contributed by atoms with E-state index in [4.69, 9.17) is 9.52 Å². The van der Waals surface area contributed by atoms with Gasteiger partial charge in [0.25, 0.3) is 5.91 Å². The summed E-state index contributed by atoms with van der Waals surface area (Å²) in [5, 5.41) is 8.59. The Balaban J connectivity index is 2.82. The molecule has 0 bridgehead atoms. The van der Waals surface area contributed by atoms with E-state index in [9.17, 15) is 9.59 Å². The van der Waals surface area contributed by atoms with Gasteiger partial charge < -0.3 is 14.4 Å². The molecule has 1 N–H and O–H groups in total. The average Bonchev–Trinajstić information content (AvgIpc) is 2.59. The van der Waals surface area contributed by atoms with Gasteiger partial charge in [-0.3, -0.25) is 9.59 Å². The zero-order chi connectivity index (χ0) is 11.4. The van der Waals surface area contributed by atoms with Crippen LogP contribution in [0.4, 0.5) is 0 Å². The van der Waals surface area contributed by atoms with Crippen molar-refractivity contribution in [3.8, 4) is 0 Å². The maximum atomic E-state index is 11.7. The minimum Gasteiger partial charge on any atom is -0.480 e. The molecule has 1 rings (SSSR count). The van der Waals surface area contributed by atoms with Gasteiger partial charge in [0.1, 0.15) is 6.54 Å². The highest BCUT2D eigenvalue weighted by molar-refractivity contribution is 9.10. The quantitative estimate of drug-likeness (QED) is 0.906. The van der Waals surface area contributed by atoms with Crippen molar-refractivity contribution in [1.29, 1.82) is 0 Å². The van der Waals surface area contributed by atoms with Crippen molar-refractivity contribution in [3.05, 3.63) is 22.6 Å². The number of likely N-dealkylation sites (N-methyl/N-ethyl adjacent to an activating group) is 1. The number of aliphatic carboxylic acids is 1. The van der Waals surface area contributed by atoms with Crippen LogP contribution in [-0.4, -0.2) is 35.0 Å². The molecule has 1 aromatic heterocycles. The van der Waals surface area contributed by atoms with Crippen molar-refractivity contribution in [2.75, 3.05) is 13.1 Å². The van der Waals surface area contributed by atoms with Gasteiger partial charge in [0, 0.05) is 6.54 Å². The van der Waals surface area contributed by atoms with Crippen LogP contribution in [0.5, 0.6) is 0 Å². The first-order valence-electron chi connectivity index (χ1n) is 4.30. The molecule has 82 valence electrons. The van der Waals surface area contributed by atoms with Crippen LogP contribution >= 0.6 is 15.9 Å². The molecule has 15 heavy (non-hydrogen) atoms. The molecule has 0 unspecified atom stereocenters. The van der Waals surface area contributed by atoms with Crippen LogP contribution in [0.3, 0.4) is 0 Å². The predicted molar refractivity (Wildman–Crippen MR) is 55.6 cm³/mol. The molecule has 0 spiro atoms. The second kappa shape index (κ2) is 4.97. The number of carbonyl (C=O) groups excluding carboxylic acids is 1. The Hall–Kier alpha value is -1.30. The van der Waals surface area contributed by atoms with E-state index in [0.717, 1.165) is 0 Å². The molecule has 6 heteroatoms. The van der Waals surface area contributed by atoms with Gasteiger partial charge in [-0.1, -0.05) is 0 Å². The Morgan fingerprint density at radius 2 is 2.27 bits per heavy atom. The topological polar surface area (TPSA) is 70.8 Å². The Kier molecular flexibility index (Phi) is 3.90. The molecule has 0 saturated heterocycles. The molecule has 0 saturated carbocycles. The van der Waals surface area contributed by atoms with Gasteiger partial charge in [0.2, 0.25) is 5.76 Å². The minimum absolute atomic E-state index is 0.123. The van der Waals surface area contributed by atoms with Crippen LogP contribution in [0, 0.1) is 0 Å². The second-order valence-electron chi connectivity index (χ2n) is 2.81. The van der Waals surface area contributed by atoms with Crippen molar-refractivity contribution < 1.29 is 19.1 Å². The summed E-state index contributed by atoms with van der Waals surface area (Å²) >= 11 is 3.14. The van der Waals surface area contributed by atoms with Crippen LogP contribution in [-0.2, 0) is 4.79 Å². The Morgan fingerprint density at radius 1 is 1.60 bits per heavy atom. The molecule has 0 fully saturated rings. The van der Waals surface area contributed by atoms with E-state index in [-0.39, 0.29) is 12.3 Å². The van der Waals surface area contributed by atoms with E-state index in [0.29, 0.717) is 11.0 Å². The van der Waals surface area contributed by atoms with E-state index in [1.165, 1.54) is 11.2 Å². The minimum atomic E-state index is -1.05. The molecule has 1 aromatic rings. The number of furan rings is 1. The van der Waals surface area contributed by atoms with Crippen LogP contribution in [0.2, 0.25) is 0 Å². The standard InChI is InChI=1S/C9H10BrNO4/c1-2-11(5-7(12)13)9(14)8-6(10)3-4-15-8/h3-4H,2,5H2,1H3,(H,12,13). The lowest BCUT2D eigenvalue weighted by molar-refractivity contribution is -0.137. The number of hydrogen-bond acceptors (Lipinski definition) is 3. The maximum Gasteiger partial charge on any atom is 0.323 e. The number of carboxylic acid groups (broad SMARTS) is 1. The van der Waals surface area contributed by atoms with E-state index in [1.54, 1.807) is 13.0 Å². The molecule has 0 atom stereocenters. The number of carboxylic acids is 1. The number of nitrogens with zero attached hydrogens (tertiary/aromatic N) is 1. The van der Waals surface area contributed by atoms with Gasteiger partial charge in [-0.25, -0.2) is 0 Å². The number of hydrogen-bond donors (Lipinski definition) is 1. The zero-order valence-corrected chi connectivity index (χ0v) is 9.65. The SMILES string of the molecule is CCN(CC(=O)O)C(=O)c1occc1Br. The summed E-state index contributed by atoms with van der Waals surface area (Å²) in [6.45, 7) is 1.69. The Labute approximate surface area is 94.8 Å². The predicted octanol–water partition coefficient (Wildman–Crippen LogP) is 1.59. The third-order valence-corrected chi connectivity index (χ3v) is 2.43. The van der Waals surface area contributed by atoms with Crippen molar-refractivity contribution >= 4 is 27.8 Å². The number of amides is 1. The summed E-state index contributed by atoms with van der Waals surface area (Å²) in [6.07, 6.45) is 1.37. The largest absolute Gasteiger partial charge is 0.480 e. The molecule has 1 amide bonds. The first kappa shape index (κ1) is 11.8. The van der Waals surface area contributed by atoms with Crippen molar-refractivity contribution in [2.24, 2.45) is 0 Å². The van der Waals surface area contributed by atoms with Crippen LogP contribution in [0.15, 0.2) is 21.2 Å². The smallest absolute Gasteiger partial charge is 0.323 e. The van der Waals surface area contributed by atoms with Crippen molar-refractivity contribution in [2.45, 2.75) is 6.92 Å². The summed E-state index contributed by atoms with van der Waals surface area (Å²) < 4.78 is 5.48. The molecule has 0 aromatic carbocycles. The first-order chi connectivity index (χ1) is 7.06. The lowest BCUT2D eigenvalue weighted by Gasteiger charge is -2.16. The van der Waals surface area contributed by atoms with Gasteiger partial charge >= 0.3 is 5.97 Å². The van der Waals surface area contributed by atoms with E-state index >= 15 is 0 Å². The summed E-state index contributed by atoms with van der Waals surface area (Å²) in [4.78, 5) is 23.4. The van der Waals surface area contributed by atoms with Gasteiger partial charge in [0.15, 0.2) is 0 Å². The monoisotopic (exact) mass is 275 g/mol. The van der Waals surface area contributed by atoms with Gasteiger partial charge in [0.05, 0.1) is 10.7 Å². The van der Waals surface area contributed by atoms with E-state index < -0.39 is 11.9 Å². The summed E-state index contributed by atoms with van der Waals surface area (Å²) in [5.74, 6) is -1.36. The fourth-order valence-electron chi connectivity index (χ4n) is 1.08. The first-order valence-corrected chi connectivity index (χ1v) is 5.09. The molecule has 0 aliphatic rings. The molecular weight excluding hydrogens is 266 g/mol. The van der Waals surface area contributed by atoms with E-state index in [2.05, 4.69) is 15.9 Å². The molecule has 5 nitrogen and oxygen atoms in total. The van der Waals surface area contributed by atoms with Crippen LogP contribution in [0.1, 0.15) is 17.5 Å². The normalized spacial score (nSPS) is 10.0. The second-order valence-corrected chi connectivity index (χ2v) is 3.67. The Bertz CT molecular complexity index is 374. The van der Waals surface area contributed by atoms with Gasteiger partial charge in [-0.05, 0) is 28.9 Å². The van der Waals surface area contributed by atoms with Crippen molar-refractivity contribution in [3.63, 3.8) is 0 Å². The lowest BCUT2D eigenvalue weighted by atomic mass is 10.3. The summed E-state index contributed by atoms with van der Waals surface area (Å²) in [6, 6.07) is 1.59. The summed E-state index contributed by atoms with van der Waals surface area (Å²) in [7, 11) is 0. The Morgan fingerprint density at radius 3 is 2.67 bits per heavy atom. The van der Waals surface area contributed by atoms with Crippen LogP contribution < -0.4 is 0 Å². The molecule has 1 heterocycles. The third-order valence-electron chi connectivity index (χ3n) is 1.81. The van der Waals surface area contributed by atoms with Gasteiger partial charge in [-0.2, -0.15) is 0 Å². The molecule has 0 aliphatic heterocycles. The molecule has 0 radical (unpaired) electrons. The van der Waals surface area contributed by atoms with Crippen molar-refractivity contribution in [1.82, 2.24) is 4.90 Å². The zero-order valence-electron chi connectivity index (χ0n) is 8.07. The number of rotatable bonds is 4. The highest BCUT2D eigenvalue weighted by Gasteiger charge is 2.21. The number of halogens is 1. The average molecular weight is 276 g/mol. The fraction of sp³-hybridized carbons (Fsp3) is 0.333. The molecule has 0 aliphatic carbocycles. The maximum absolute atomic E-state index is 11.7. The number of carbonyl (C=O) groups is 2. The lowest BCUT2D eigenvalue weighted by Crippen LogP contribution is -2.35. The third kappa shape index (κ3) is 2.82. The van der Waals surface area contributed by atoms with Crippen LogP contribution in [0.25, 0.3) is 0 Å². The highest BCUT2D eigenvalue weighted by atomic mass is 79.9. The molecular formula is C9H10BrNO4. The summed E-state index contributed by atoms with van der Waals surface area (Å²) in [5.41, 5.74) is 0. The van der Waals surface area contributed by atoms with Gasteiger partial charge in [-0.15, -0.1) is 0 Å². The fourth-order valence-corrected chi connectivity index (χ4v) is 1.45.